The van der Waals surface area contributed by atoms with E-state index >= 15 is 0 Å². The molecule has 1 aliphatic heterocycles. The van der Waals surface area contributed by atoms with Gasteiger partial charge in [-0.25, -0.2) is 4.79 Å². The zero-order valence-electron chi connectivity index (χ0n) is 17.7. The minimum atomic E-state index is -0.211. The molecule has 166 valence electrons. The average molecular weight is 444 g/mol. The molecule has 3 amide bonds. The van der Waals surface area contributed by atoms with E-state index in [4.69, 9.17) is 4.74 Å². The number of carbonyl (C=O) groups is 2. The molecule has 0 radical (unpaired) electrons. The number of nitrogens with one attached hydrogen (secondary N) is 1. The number of aromatic nitrogens is 2. The molecule has 0 atom stereocenters. The number of piperazine rings is 1. The van der Waals surface area contributed by atoms with E-state index in [1.54, 1.807) is 15.3 Å². The topological polar surface area (TPSA) is 87.7 Å². The quantitative estimate of drug-likeness (QED) is 0.732. The van der Waals surface area contributed by atoms with Crippen molar-refractivity contribution in [3.8, 4) is 5.75 Å². The minimum absolute atomic E-state index is 0.0260. The Kier molecular flexibility index (Phi) is 7.35. The summed E-state index contributed by atoms with van der Waals surface area (Å²) in [5.41, 5.74) is 2.20. The molecule has 1 saturated heterocycles. The number of anilines is 1. The predicted octanol–water partition coefficient (Wildman–Crippen LogP) is 3.88. The molecule has 31 heavy (non-hydrogen) atoms. The molecule has 0 unspecified atom stereocenters. The lowest BCUT2D eigenvalue weighted by molar-refractivity contribution is 0.0671. The number of carbonyl (C=O) groups excluding carboxylic acids is 2. The summed E-state index contributed by atoms with van der Waals surface area (Å²) >= 11 is 1.28. The van der Waals surface area contributed by atoms with Gasteiger partial charge in [-0.1, -0.05) is 49.5 Å². The van der Waals surface area contributed by atoms with Crippen molar-refractivity contribution in [3.63, 3.8) is 0 Å². The van der Waals surface area contributed by atoms with Crippen molar-refractivity contribution in [2.45, 2.75) is 38.5 Å². The molecule has 0 bridgehead atoms. The number of hydrogen-bond acceptors (Lipinski definition) is 6. The summed E-state index contributed by atoms with van der Waals surface area (Å²) in [7, 11) is 0. The molecule has 0 spiro atoms. The zero-order valence-corrected chi connectivity index (χ0v) is 18.5. The molecule has 8 nitrogen and oxygen atoms in total. The second-order valence-electron chi connectivity index (χ2n) is 8.12. The Hall–Kier alpha value is -2.68. The highest BCUT2D eigenvalue weighted by Crippen LogP contribution is 2.26. The number of hydrogen-bond donors (Lipinski definition) is 1. The number of benzene rings is 1. The van der Waals surface area contributed by atoms with E-state index in [2.05, 4.69) is 15.5 Å². The Morgan fingerprint density at radius 3 is 2.61 bits per heavy atom. The molecule has 9 heteroatoms. The Labute approximate surface area is 186 Å². The highest BCUT2D eigenvalue weighted by molar-refractivity contribution is 7.13. The summed E-state index contributed by atoms with van der Waals surface area (Å²) in [5, 5.41) is 10.7. The van der Waals surface area contributed by atoms with Gasteiger partial charge in [0.05, 0.1) is 6.61 Å². The van der Waals surface area contributed by atoms with Crippen LogP contribution in [0, 0.1) is 5.92 Å². The fourth-order valence-electron chi connectivity index (χ4n) is 4.23. The lowest BCUT2D eigenvalue weighted by Gasteiger charge is -2.34. The minimum Gasteiger partial charge on any atom is -0.494 e. The molecule has 1 N–H and O–H groups in total. The molecule has 1 aliphatic carbocycles. The van der Waals surface area contributed by atoms with Crippen LogP contribution in [0.1, 0.15) is 48.9 Å². The van der Waals surface area contributed by atoms with Crippen molar-refractivity contribution < 1.29 is 14.3 Å². The third kappa shape index (κ3) is 5.94. The number of ether oxygens (including phenoxy) is 1. The van der Waals surface area contributed by atoms with Crippen LogP contribution < -0.4 is 10.1 Å². The second kappa shape index (κ2) is 10.6. The van der Waals surface area contributed by atoms with Gasteiger partial charge in [-0.2, -0.15) is 0 Å². The number of amides is 3. The van der Waals surface area contributed by atoms with Gasteiger partial charge in [0.2, 0.25) is 5.13 Å². The number of nitrogens with zero attached hydrogens (tertiary/aromatic N) is 4. The molecular weight excluding hydrogens is 414 g/mol. The van der Waals surface area contributed by atoms with Crippen molar-refractivity contribution in [3.05, 3.63) is 35.3 Å². The largest absolute Gasteiger partial charge is 0.494 e. The van der Waals surface area contributed by atoms with Crippen LogP contribution in [0.3, 0.4) is 0 Å². The Bertz CT molecular complexity index is 862. The van der Waals surface area contributed by atoms with E-state index in [-0.39, 0.29) is 11.9 Å². The maximum Gasteiger partial charge on any atom is 0.323 e. The van der Waals surface area contributed by atoms with Crippen LogP contribution in [0.2, 0.25) is 0 Å². The van der Waals surface area contributed by atoms with Gasteiger partial charge >= 0.3 is 6.03 Å². The summed E-state index contributed by atoms with van der Waals surface area (Å²) < 4.78 is 5.94. The first kappa shape index (κ1) is 21.5. The molecule has 2 aliphatic rings. The summed E-state index contributed by atoms with van der Waals surface area (Å²) in [6, 6.07) is 7.22. The van der Waals surface area contributed by atoms with E-state index in [1.165, 1.54) is 43.4 Å². The van der Waals surface area contributed by atoms with Crippen LogP contribution in [0.15, 0.2) is 29.8 Å². The van der Waals surface area contributed by atoms with E-state index in [0.29, 0.717) is 43.5 Å². The molecular formula is C22H29N5O3S. The number of urea groups is 1. The van der Waals surface area contributed by atoms with Crippen LogP contribution >= 0.6 is 11.3 Å². The maximum absolute atomic E-state index is 12.9. The predicted molar refractivity (Wildman–Crippen MR) is 120 cm³/mol. The van der Waals surface area contributed by atoms with E-state index in [1.807, 2.05) is 24.3 Å². The van der Waals surface area contributed by atoms with Gasteiger partial charge in [0.15, 0.2) is 0 Å². The highest BCUT2D eigenvalue weighted by atomic mass is 32.1. The first-order valence-corrected chi connectivity index (χ1v) is 11.9. The monoisotopic (exact) mass is 443 g/mol. The van der Waals surface area contributed by atoms with Crippen LogP contribution in [-0.4, -0.2) is 64.7 Å². The molecule has 1 saturated carbocycles. The van der Waals surface area contributed by atoms with E-state index < -0.39 is 0 Å². The van der Waals surface area contributed by atoms with Gasteiger partial charge in [0.1, 0.15) is 11.3 Å². The summed E-state index contributed by atoms with van der Waals surface area (Å²) in [5.74, 6) is 1.50. The normalized spacial score (nSPS) is 17.4. The van der Waals surface area contributed by atoms with Gasteiger partial charge in [0.25, 0.3) is 5.91 Å². The van der Waals surface area contributed by atoms with E-state index in [0.717, 1.165) is 18.1 Å². The Morgan fingerprint density at radius 2 is 1.87 bits per heavy atom. The number of rotatable bonds is 6. The fraction of sp³-hybridized carbons (Fsp3) is 0.545. The van der Waals surface area contributed by atoms with Gasteiger partial charge in [0, 0.05) is 31.7 Å². The van der Waals surface area contributed by atoms with Crippen LogP contribution in [0.5, 0.6) is 5.75 Å². The van der Waals surface area contributed by atoms with Gasteiger partial charge < -0.3 is 14.5 Å². The summed E-state index contributed by atoms with van der Waals surface area (Å²) in [6.45, 7) is 2.65. The van der Waals surface area contributed by atoms with Crippen molar-refractivity contribution in [1.82, 2.24) is 20.0 Å². The first-order valence-electron chi connectivity index (χ1n) is 11.0. The van der Waals surface area contributed by atoms with Crippen LogP contribution in [0.4, 0.5) is 9.93 Å². The van der Waals surface area contributed by atoms with Crippen molar-refractivity contribution in [2.24, 2.45) is 5.92 Å². The third-order valence-electron chi connectivity index (χ3n) is 6.03. The lowest BCUT2D eigenvalue weighted by atomic mass is 9.87. The SMILES string of the molecule is O=C(Nc1nncs1)N1CCN(C(=O)c2cccc(OCCC3CCCCC3)c2)CC1. The van der Waals surface area contributed by atoms with Crippen molar-refractivity contribution in [1.29, 1.82) is 0 Å². The standard InChI is InChI=1S/C22H29N5O3S/c28-20(26-10-12-27(13-11-26)22(29)24-21-25-23-16-31-21)18-7-4-8-19(15-18)30-14-9-17-5-2-1-3-6-17/h4,7-8,15-17H,1-3,5-6,9-14H2,(H,24,25,29). The third-order valence-corrected chi connectivity index (χ3v) is 6.64. The summed E-state index contributed by atoms with van der Waals surface area (Å²) in [6.07, 6.45) is 7.75. The second-order valence-corrected chi connectivity index (χ2v) is 8.96. The van der Waals surface area contributed by atoms with Crippen LogP contribution in [0.25, 0.3) is 0 Å². The molecule has 2 fully saturated rings. The first-order chi connectivity index (χ1) is 15.2. The smallest absolute Gasteiger partial charge is 0.323 e. The highest BCUT2D eigenvalue weighted by Gasteiger charge is 2.25. The van der Waals surface area contributed by atoms with Gasteiger partial charge in [-0.15, -0.1) is 10.2 Å². The lowest BCUT2D eigenvalue weighted by Crippen LogP contribution is -2.51. The van der Waals surface area contributed by atoms with Crippen molar-refractivity contribution >= 4 is 28.4 Å². The molecule has 2 aromatic rings. The summed E-state index contributed by atoms with van der Waals surface area (Å²) in [4.78, 5) is 28.7. The molecule has 1 aromatic carbocycles. The zero-order chi connectivity index (χ0) is 21.5. The maximum atomic E-state index is 12.9. The average Bonchev–Trinajstić information content (AvgIpc) is 3.33. The van der Waals surface area contributed by atoms with Crippen molar-refractivity contribution in [2.75, 3.05) is 38.1 Å². The van der Waals surface area contributed by atoms with Crippen LogP contribution in [-0.2, 0) is 0 Å². The molecule has 4 rings (SSSR count). The van der Waals surface area contributed by atoms with Gasteiger partial charge in [-0.3, -0.25) is 10.1 Å². The van der Waals surface area contributed by atoms with E-state index in [9.17, 15) is 9.59 Å². The van der Waals surface area contributed by atoms with Gasteiger partial charge in [-0.05, 0) is 30.5 Å². The molecule has 2 heterocycles. The Balaban J connectivity index is 1.24. The molecule has 1 aromatic heterocycles. The Morgan fingerprint density at radius 1 is 1.10 bits per heavy atom. The fourth-order valence-corrected chi connectivity index (χ4v) is 4.67.